The zero-order valence-electron chi connectivity index (χ0n) is 11.0. The highest BCUT2D eigenvalue weighted by molar-refractivity contribution is 5.52. The Bertz CT molecular complexity index is 614. The molecule has 0 amide bonds. The van der Waals surface area contributed by atoms with Crippen molar-refractivity contribution in [3.8, 4) is 17.6 Å². The van der Waals surface area contributed by atoms with Crippen molar-refractivity contribution >= 4 is 0 Å². The average molecular weight is 253 g/mol. The highest BCUT2D eigenvalue weighted by Crippen LogP contribution is 2.31. The van der Waals surface area contributed by atoms with Gasteiger partial charge in [-0.2, -0.15) is 5.26 Å². The van der Waals surface area contributed by atoms with Crippen LogP contribution < -0.4 is 9.47 Å². The summed E-state index contributed by atoms with van der Waals surface area (Å²) in [5.41, 5.74) is 2.74. The molecule has 19 heavy (non-hydrogen) atoms. The Hall–Kier alpha value is -2.47. The Morgan fingerprint density at radius 2 is 1.89 bits per heavy atom. The number of rotatable bonds is 4. The normalized spacial score (nSPS) is 9.74. The van der Waals surface area contributed by atoms with Crippen LogP contribution >= 0.6 is 0 Å². The molecule has 96 valence electrons. The van der Waals surface area contributed by atoms with E-state index in [1.807, 2.05) is 31.2 Å². The highest BCUT2D eigenvalue weighted by Gasteiger charge is 2.10. The van der Waals surface area contributed by atoms with Gasteiger partial charge in [-0.3, -0.25) is 0 Å². The SMILES string of the molecule is COc1cccc(C#N)c1OCc1ccccc1C. The predicted octanol–water partition coefficient (Wildman–Crippen LogP) is 3.45. The van der Waals surface area contributed by atoms with E-state index in [9.17, 15) is 0 Å². The number of ether oxygens (including phenoxy) is 2. The van der Waals surface area contributed by atoms with Gasteiger partial charge in [0.2, 0.25) is 0 Å². The molecule has 0 aliphatic rings. The quantitative estimate of drug-likeness (QED) is 0.838. The summed E-state index contributed by atoms with van der Waals surface area (Å²) in [6.07, 6.45) is 0. The maximum absolute atomic E-state index is 9.10. The summed E-state index contributed by atoms with van der Waals surface area (Å²) in [5, 5.41) is 9.10. The van der Waals surface area contributed by atoms with Crippen LogP contribution in [0.25, 0.3) is 0 Å². The Labute approximate surface area is 113 Å². The van der Waals surface area contributed by atoms with Gasteiger partial charge < -0.3 is 9.47 Å². The number of hydrogen-bond donors (Lipinski definition) is 0. The number of aryl methyl sites for hydroxylation is 1. The van der Waals surface area contributed by atoms with E-state index in [2.05, 4.69) is 6.07 Å². The van der Waals surface area contributed by atoms with Gasteiger partial charge in [-0.25, -0.2) is 0 Å². The van der Waals surface area contributed by atoms with Crippen molar-refractivity contribution in [2.24, 2.45) is 0 Å². The Morgan fingerprint density at radius 3 is 2.58 bits per heavy atom. The van der Waals surface area contributed by atoms with Gasteiger partial charge in [0.05, 0.1) is 12.7 Å². The van der Waals surface area contributed by atoms with Crippen LogP contribution in [0.4, 0.5) is 0 Å². The van der Waals surface area contributed by atoms with E-state index >= 15 is 0 Å². The van der Waals surface area contributed by atoms with Crippen molar-refractivity contribution in [1.29, 1.82) is 5.26 Å². The number of para-hydroxylation sites is 1. The Balaban J connectivity index is 2.25. The average Bonchev–Trinajstić information content (AvgIpc) is 2.46. The monoisotopic (exact) mass is 253 g/mol. The molecule has 0 radical (unpaired) electrons. The van der Waals surface area contributed by atoms with Gasteiger partial charge in [0.15, 0.2) is 11.5 Å². The fraction of sp³-hybridized carbons (Fsp3) is 0.188. The van der Waals surface area contributed by atoms with E-state index < -0.39 is 0 Å². The zero-order chi connectivity index (χ0) is 13.7. The number of nitriles is 1. The van der Waals surface area contributed by atoms with E-state index in [0.29, 0.717) is 23.7 Å². The summed E-state index contributed by atoms with van der Waals surface area (Å²) in [6.45, 7) is 2.45. The van der Waals surface area contributed by atoms with Gasteiger partial charge in [0, 0.05) is 0 Å². The molecule has 0 aliphatic heterocycles. The molecule has 3 nitrogen and oxygen atoms in total. The van der Waals surface area contributed by atoms with Crippen molar-refractivity contribution in [2.75, 3.05) is 7.11 Å². The van der Waals surface area contributed by atoms with Crippen molar-refractivity contribution < 1.29 is 9.47 Å². The van der Waals surface area contributed by atoms with Crippen LogP contribution in [0.3, 0.4) is 0 Å². The number of nitrogens with zero attached hydrogens (tertiary/aromatic N) is 1. The smallest absolute Gasteiger partial charge is 0.179 e. The fourth-order valence-electron chi connectivity index (χ4n) is 1.84. The molecular formula is C16H15NO2. The molecule has 0 unspecified atom stereocenters. The molecule has 0 aromatic heterocycles. The van der Waals surface area contributed by atoms with Crippen LogP contribution in [0.1, 0.15) is 16.7 Å². The molecule has 2 aromatic carbocycles. The summed E-state index contributed by atoms with van der Waals surface area (Å²) in [4.78, 5) is 0. The summed E-state index contributed by atoms with van der Waals surface area (Å²) < 4.78 is 11.0. The maximum atomic E-state index is 9.10. The summed E-state index contributed by atoms with van der Waals surface area (Å²) >= 11 is 0. The second-order valence-corrected chi connectivity index (χ2v) is 4.16. The van der Waals surface area contributed by atoms with Crippen LogP contribution in [-0.2, 0) is 6.61 Å². The lowest BCUT2D eigenvalue weighted by Gasteiger charge is -2.13. The lowest BCUT2D eigenvalue weighted by molar-refractivity contribution is 0.283. The lowest BCUT2D eigenvalue weighted by atomic mass is 10.1. The first-order valence-corrected chi connectivity index (χ1v) is 6.00. The zero-order valence-corrected chi connectivity index (χ0v) is 11.0. The second-order valence-electron chi connectivity index (χ2n) is 4.16. The van der Waals surface area contributed by atoms with Gasteiger partial charge in [-0.1, -0.05) is 30.3 Å². The molecule has 0 heterocycles. The minimum atomic E-state index is 0.418. The van der Waals surface area contributed by atoms with Crippen molar-refractivity contribution in [3.63, 3.8) is 0 Å². The third kappa shape index (κ3) is 2.86. The number of methoxy groups -OCH3 is 1. The molecule has 2 rings (SSSR count). The van der Waals surface area contributed by atoms with Gasteiger partial charge in [-0.15, -0.1) is 0 Å². The molecule has 0 spiro atoms. The van der Waals surface area contributed by atoms with Crippen LogP contribution in [0.2, 0.25) is 0 Å². The predicted molar refractivity (Wildman–Crippen MR) is 73.2 cm³/mol. The topological polar surface area (TPSA) is 42.2 Å². The van der Waals surface area contributed by atoms with Crippen LogP contribution in [0.15, 0.2) is 42.5 Å². The maximum Gasteiger partial charge on any atom is 0.179 e. The first-order chi connectivity index (χ1) is 9.26. The van der Waals surface area contributed by atoms with Gasteiger partial charge in [0.1, 0.15) is 12.7 Å². The van der Waals surface area contributed by atoms with E-state index in [4.69, 9.17) is 14.7 Å². The van der Waals surface area contributed by atoms with Gasteiger partial charge in [0.25, 0.3) is 0 Å². The molecule has 0 atom stereocenters. The molecule has 0 aliphatic carbocycles. The molecule has 2 aromatic rings. The fourth-order valence-corrected chi connectivity index (χ4v) is 1.84. The third-order valence-electron chi connectivity index (χ3n) is 2.95. The standard InChI is InChI=1S/C16H15NO2/c1-12-6-3-4-7-14(12)11-19-16-13(10-17)8-5-9-15(16)18-2/h3-9H,11H2,1-2H3. The molecule has 0 saturated carbocycles. The summed E-state index contributed by atoms with van der Waals surface area (Å²) in [5.74, 6) is 1.07. The Kier molecular flexibility index (Phi) is 4.04. The number of hydrogen-bond acceptors (Lipinski definition) is 3. The van der Waals surface area contributed by atoms with Crippen LogP contribution in [0.5, 0.6) is 11.5 Å². The van der Waals surface area contributed by atoms with E-state index in [1.54, 1.807) is 25.3 Å². The molecule has 3 heteroatoms. The molecule has 0 bridgehead atoms. The highest BCUT2D eigenvalue weighted by atomic mass is 16.5. The minimum Gasteiger partial charge on any atom is -0.493 e. The van der Waals surface area contributed by atoms with Crippen LogP contribution in [0, 0.1) is 18.3 Å². The van der Waals surface area contributed by atoms with Gasteiger partial charge in [-0.05, 0) is 30.2 Å². The van der Waals surface area contributed by atoms with Crippen LogP contribution in [-0.4, -0.2) is 7.11 Å². The second kappa shape index (κ2) is 5.92. The van der Waals surface area contributed by atoms with E-state index in [0.717, 1.165) is 11.1 Å². The Morgan fingerprint density at radius 1 is 1.11 bits per heavy atom. The van der Waals surface area contributed by atoms with Crippen molar-refractivity contribution in [1.82, 2.24) is 0 Å². The first kappa shape index (κ1) is 13.0. The molecular weight excluding hydrogens is 238 g/mol. The van der Waals surface area contributed by atoms with E-state index in [-0.39, 0.29) is 0 Å². The summed E-state index contributed by atoms with van der Waals surface area (Å²) in [6, 6.07) is 15.4. The number of benzene rings is 2. The van der Waals surface area contributed by atoms with Gasteiger partial charge >= 0.3 is 0 Å². The lowest BCUT2D eigenvalue weighted by Crippen LogP contribution is -2.01. The molecule has 0 N–H and O–H groups in total. The molecule has 0 saturated heterocycles. The van der Waals surface area contributed by atoms with Crippen molar-refractivity contribution in [2.45, 2.75) is 13.5 Å². The van der Waals surface area contributed by atoms with E-state index in [1.165, 1.54) is 0 Å². The first-order valence-electron chi connectivity index (χ1n) is 6.00. The summed E-state index contributed by atoms with van der Waals surface area (Å²) in [7, 11) is 1.57. The minimum absolute atomic E-state index is 0.418. The largest absolute Gasteiger partial charge is 0.493 e. The van der Waals surface area contributed by atoms with Crippen molar-refractivity contribution in [3.05, 3.63) is 59.2 Å². The third-order valence-corrected chi connectivity index (χ3v) is 2.95. The molecule has 0 fully saturated rings.